The van der Waals surface area contributed by atoms with E-state index in [1.165, 1.54) is 13.5 Å². The van der Waals surface area contributed by atoms with Crippen molar-refractivity contribution >= 4 is 22.8 Å². The highest BCUT2D eigenvalue weighted by Gasteiger charge is 2.38. The first-order chi connectivity index (χ1) is 18.6. The summed E-state index contributed by atoms with van der Waals surface area (Å²) in [5.41, 5.74) is 9.31. The number of nitrogens with zero attached hydrogens (tertiary/aromatic N) is 4. The third-order valence-corrected chi connectivity index (χ3v) is 8.43. The number of methoxy groups -OCH3 is 1. The number of carbonyl (C=O) groups excluding carboxylic acids is 1. The lowest BCUT2D eigenvalue weighted by Crippen LogP contribution is -2.43. The number of carbonyl (C=O) groups is 1. The number of nitrogens with two attached hydrogens (primary N) is 1. The Bertz CT molecular complexity index is 1280. The van der Waals surface area contributed by atoms with Gasteiger partial charge in [-0.05, 0) is 75.1 Å². The number of aromatic nitrogens is 3. The minimum Gasteiger partial charge on any atom is -0.491 e. The van der Waals surface area contributed by atoms with Crippen molar-refractivity contribution in [1.82, 2.24) is 19.4 Å². The molecule has 2 aliphatic heterocycles. The van der Waals surface area contributed by atoms with Gasteiger partial charge in [0.15, 0.2) is 0 Å². The van der Waals surface area contributed by atoms with E-state index in [2.05, 4.69) is 37.8 Å². The molecule has 1 aliphatic carbocycles. The van der Waals surface area contributed by atoms with Gasteiger partial charge in [-0.3, -0.25) is 9.69 Å². The number of ether oxygens (including phenoxy) is 3. The zero-order valence-corrected chi connectivity index (χ0v) is 22.1. The van der Waals surface area contributed by atoms with Crippen LogP contribution >= 0.6 is 0 Å². The van der Waals surface area contributed by atoms with Gasteiger partial charge in [0.05, 0.1) is 18.6 Å². The standard InChI is InChI=1S/C29H37N5O4/c1-36-29(35)25-9-5-10-33(25)15-19-12-21(13-19)34-16-24(26-27(30)31-18-32-28(26)34)20-6-4-8-22(14-20)38-17-23-7-2-3-11-37-23/h4,6,8,14,16,18-19,21,23,25H,2-3,5,7,9-13,15,17H2,1H3,(H2,30,31,32)/t19?,21?,23-,25?/m1/s1. The summed E-state index contributed by atoms with van der Waals surface area (Å²) in [5.74, 6) is 1.75. The van der Waals surface area contributed by atoms with Crippen molar-refractivity contribution in [2.45, 2.75) is 63.1 Å². The molecule has 1 unspecified atom stereocenters. The van der Waals surface area contributed by atoms with Gasteiger partial charge >= 0.3 is 5.97 Å². The van der Waals surface area contributed by atoms with Crippen LogP contribution in [0, 0.1) is 5.92 Å². The van der Waals surface area contributed by atoms with E-state index in [9.17, 15) is 4.79 Å². The molecule has 3 aromatic rings. The molecule has 0 radical (unpaired) electrons. The Hall–Kier alpha value is -3.17. The predicted molar refractivity (Wildman–Crippen MR) is 145 cm³/mol. The minimum absolute atomic E-state index is 0.0928. The molecule has 0 bridgehead atoms. The van der Waals surface area contributed by atoms with Gasteiger partial charge in [-0.15, -0.1) is 0 Å². The molecule has 202 valence electrons. The topological polar surface area (TPSA) is 105 Å². The molecule has 2 N–H and O–H groups in total. The molecular formula is C29H37N5O4. The Morgan fingerprint density at radius 2 is 2.08 bits per heavy atom. The van der Waals surface area contributed by atoms with Crippen LogP contribution < -0.4 is 10.5 Å². The van der Waals surface area contributed by atoms with Gasteiger partial charge in [-0.1, -0.05) is 12.1 Å². The van der Waals surface area contributed by atoms with Crippen LogP contribution in [0.5, 0.6) is 5.75 Å². The Labute approximate surface area is 223 Å². The summed E-state index contributed by atoms with van der Waals surface area (Å²) in [5, 5.41) is 0.883. The molecule has 9 nitrogen and oxygen atoms in total. The zero-order chi connectivity index (χ0) is 26.1. The van der Waals surface area contributed by atoms with Crippen LogP contribution in [0.1, 0.15) is 51.0 Å². The largest absolute Gasteiger partial charge is 0.491 e. The van der Waals surface area contributed by atoms with E-state index in [1.54, 1.807) is 6.33 Å². The fourth-order valence-corrected chi connectivity index (χ4v) is 6.34. The van der Waals surface area contributed by atoms with Crippen LogP contribution in [0.4, 0.5) is 5.82 Å². The van der Waals surface area contributed by atoms with Gasteiger partial charge in [-0.2, -0.15) is 0 Å². The summed E-state index contributed by atoms with van der Waals surface area (Å²) in [4.78, 5) is 23.4. The number of benzene rings is 1. The first kappa shape index (κ1) is 25.1. The first-order valence-electron chi connectivity index (χ1n) is 13.9. The van der Waals surface area contributed by atoms with Gasteiger partial charge in [0, 0.05) is 31.0 Å². The van der Waals surface area contributed by atoms with Crippen molar-refractivity contribution in [3.8, 4) is 16.9 Å². The quantitative estimate of drug-likeness (QED) is 0.441. The average molecular weight is 520 g/mol. The summed E-state index contributed by atoms with van der Waals surface area (Å²) in [6.07, 6.45) is 11.3. The zero-order valence-electron chi connectivity index (χ0n) is 22.1. The molecule has 0 amide bonds. The smallest absolute Gasteiger partial charge is 0.323 e. The molecule has 6 rings (SSSR count). The molecule has 9 heteroatoms. The SMILES string of the molecule is COC(=O)C1CCCN1CC1CC(n2cc(-c3cccc(OC[C@H]4CCCCO4)c3)c3c(N)ncnc32)C1. The van der Waals surface area contributed by atoms with E-state index < -0.39 is 0 Å². The maximum atomic E-state index is 12.2. The second kappa shape index (κ2) is 10.9. The maximum absolute atomic E-state index is 12.2. The van der Waals surface area contributed by atoms with Crippen LogP contribution in [0.3, 0.4) is 0 Å². The van der Waals surface area contributed by atoms with Crippen molar-refractivity contribution in [2.75, 3.05) is 39.1 Å². The van der Waals surface area contributed by atoms with Crippen LogP contribution in [-0.2, 0) is 14.3 Å². The third-order valence-electron chi connectivity index (χ3n) is 8.43. The summed E-state index contributed by atoms with van der Waals surface area (Å²) < 4.78 is 19.2. The van der Waals surface area contributed by atoms with Crippen LogP contribution in [0.15, 0.2) is 36.8 Å². The molecule has 4 heterocycles. The molecule has 2 saturated heterocycles. The van der Waals surface area contributed by atoms with Crippen LogP contribution in [0.2, 0.25) is 0 Å². The Morgan fingerprint density at radius 3 is 2.89 bits per heavy atom. The number of likely N-dealkylation sites (tertiary alicyclic amines) is 1. The summed E-state index contributed by atoms with van der Waals surface area (Å²) >= 11 is 0. The Morgan fingerprint density at radius 1 is 1.18 bits per heavy atom. The van der Waals surface area contributed by atoms with E-state index in [0.717, 1.165) is 86.1 Å². The Kier molecular flexibility index (Phi) is 7.21. The highest BCUT2D eigenvalue weighted by molar-refractivity contribution is 6.00. The van der Waals surface area contributed by atoms with E-state index in [0.29, 0.717) is 24.4 Å². The fourth-order valence-electron chi connectivity index (χ4n) is 6.34. The normalized spacial score (nSPS) is 25.8. The predicted octanol–water partition coefficient (Wildman–Crippen LogP) is 4.22. The highest BCUT2D eigenvalue weighted by atomic mass is 16.5. The highest BCUT2D eigenvalue weighted by Crippen LogP contribution is 2.44. The van der Waals surface area contributed by atoms with Gasteiger partial charge in [-0.25, -0.2) is 9.97 Å². The fraction of sp³-hybridized carbons (Fsp3) is 0.552. The number of fused-ring (bicyclic) bond motifs is 1. The number of hydrogen-bond donors (Lipinski definition) is 1. The lowest BCUT2D eigenvalue weighted by molar-refractivity contribution is -0.146. The summed E-state index contributed by atoms with van der Waals surface area (Å²) in [7, 11) is 1.48. The second-order valence-electron chi connectivity index (χ2n) is 10.9. The van der Waals surface area contributed by atoms with Crippen molar-refractivity contribution in [3.63, 3.8) is 0 Å². The average Bonchev–Trinajstić information content (AvgIpc) is 3.55. The number of hydrogen-bond acceptors (Lipinski definition) is 8. The molecule has 38 heavy (non-hydrogen) atoms. The third kappa shape index (κ3) is 4.97. The number of rotatable bonds is 8. The van der Waals surface area contributed by atoms with Crippen molar-refractivity contribution in [2.24, 2.45) is 5.92 Å². The molecule has 2 aromatic heterocycles. The number of anilines is 1. The van der Waals surface area contributed by atoms with Crippen molar-refractivity contribution in [1.29, 1.82) is 0 Å². The van der Waals surface area contributed by atoms with Gasteiger partial charge in [0.25, 0.3) is 0 Å². The lowest BCUT2D eigenvalue weighted by Gasteiger charge is -2.39. The lowest BCUT2D eigenvalue weighted by atomic mass is 9.79. The summed E-state index contributed by atoms with van der Waals surface area (Å²) in [6, 6.07) is 8.40. The van der Waals surface area contributed by atoms with Gasteiger partial charge in [0.1, 0.15) is 36.2 Å². The van der Waals surface area contributed by atoms with E-state index in [4.69, 9.17) is 19.9 Å². The number of esters is 1. The summed E-state index contributed by atoms with van der Waals surface area (Å²) in [6.45, 7) is 3.28. The maximum Gasteiger partial charge on any atom is 0.323 e. The van der Waals surface area contributed by atoms with Crippen molar-refractivity contribution < 1.29 is 19.0 Å². The molecular weight excluding hydrogens is 482 g/mol. The van der Waals surface area contributed by atoms with Crippen LogP contribution in [-0.4, -0.2) is 71.0 Å². The number of nitrogen functional groups attached to an aromatic ring is 1. The monoisotopic (exact) mass is 519 g/mol. The molecule has 1 aromatic carbocycles. The van der Waals surface area contributed by atoms with Crippen LogP contribution in [0.25, 0.3) is 22.2 Å². The molecule has 2 atom stereocenters. The second-order valence-corrected chi connectivity index (χ2v) is 10.9. The van der Waals surface area contributed by atoms with Gasteiger partial charge < -0.3 is 24.5 Å². The van der Waals surface area contributed by atoms with E-state index >= 15 is 0 Å². The van der Waals surface area contributed by atoms with Crippen molar-refractivity contribution in [3.05, 3.63) is 36.8 Å². The van der Waals surface area contributed by atoms with E-state index in [-0.39, 0.29) is 18.1 Å². The van der Waals surface area contributed by atoms with Gasteiger partial charge in [0.2, 0.25) is 0 Å². The first-order valence-corrected chi connectivity index (χ1v) is 13.9. The molecule has 3 fully saturated rings. The Balaban J connectivity index is 1.19. The minimum atomic E-state index is -0.107. The molecule has 0 spiro atoms. The van der Waals surface area contributed by atoms with E-state index in [1.807, 2.05) is 12.1 Å². The molecule has 1 saturated carbocycles. The molecule has 3 aliphatic rings.